The molecule has 22 heavy (non-hydrogen) atoms. The number of allylic oxidation sites excluding steroid dienone is 2. The molecule has 0 aliphatic carbocycles. The summed E-state index contributed by atoms with van der Waals surface area (Å²) in [5, 5.41) is 8.49. The lowest BCUT2D eigenvalue weighted by Gasteiger charge is -1.99. The Kier molecular flexibility index (Phi) is 13.5. The van der Waals surface area contributed by atoms with Crippen LogP contribution < -0.4 is 0 Å². The Labute approximate surface area is 134 Å². The number of aliphatic carboxylic acids is 1. The smallest absolute Gasteiger partial charge is 0.303 e. The normalized spacial score (nSPS) is 11.0. The molecule has 0 aliphatic rings. The van der Waals surface area contributed by atoms with Crippen molar-refractivity contribution in [1.82, 2.24) is 0 Å². The summed E-state index contributed by atoms with van der Waals surface area (Å²) in [7, 11) is 0. The summed E-state index contributed by atoms with van der Waals surface area (Å²) in [4.78, 5) is 33.4. The van der Waals surface area contributed by atoms with E-state index in [1.54, 1.807) is 0 Å². The molecule has 0 saturated carbocycles. The van der Waals surface area contributed by atoms with Crippen LogP contribution in [0.2, 0.25) is 0 Å². The highest BCUT2D eigenvalue weighted by molar-refractivity contribution is 5.98. The number of carbonyl (C=O) groups is 3. The second-order valence-electron chi connectivity index (χ2n) is 5.74. The molecule has 0 aromatic heterocycles. The van der Waals surface area contributed by atoms with Crippen molar-refractivity contribution < 1.29 is 19.5 Å². The van der Waals surface area contributed by atoms with Gasteiger partial charge in [0.25, 0.3) is 0 Å². The number of hydrogen-bond acceptors (Lipinski definition) is 3. The quantitative estimate of drug-likeness (QED) is 0.358. The molecule has 0 heterocycles. The fourth-order valence-corrected chi connectivity index (χ4v) is 2.18. The van der Waals surface area contributed by atoms with Gasteiger partial charge in [0, 0.05) is 19.3 Å². The van der Waals surface area contributed by atoms with Crippen LogP contribution in [0.1, 0.15) is 84.0 Å². The molecular formula is C18H30O4. The lowest BCUT2D eigenvalue weighted by Crippen LogP contribution is -1.97. The van der Waals surface area contributed by atoms with E-state index in [9.17, 15) is 14.4 Å². The van der Waals surface area contributed by atoms with Crippen molar-refractivity contribution >= 4 is 17.5 Å². The van der Waals surface area contributed by atoms with Crippen LogP contribution in [0, 0.1) is 0 Å². The minimum atomic E-state index is -0.750. The average molecular weight is 310 g/mol. The summed E-state index contributed by atoms with van der Waals surface area (Å²) in [6.45, 7) is 2.13. The Balaban J connectivity index is 3.53. The molecule has 0 spiro atoms. The lowest BCUT2D eigenvalue weighted by molar-refractivity contribution is -0.137. The van der Waals surface area contributed by atoms with Gasteiger partial charge in [-0.2, -0.15) is 0 Å². The highest BCUT2D eigenvalue weighted by atomic mass is 16.4. The molecule has 0 radical (unpaired) electrons. The monoisotopic (exact) mass is 310 g/mol. The summed E-state index contributed by atoms with van der Waals surface area (Å²) in [6, 6.07) is 0. The van der Waals surface area contributed by atoms with Crippen molar-refractivity contribution in [3.05, 3.63) is 12.2 Å². The largest absolute Gasteiger partial charge is 0.481 e. The summed E-state index contributed by atoms with van der Waals surface area (Å²) < 4.78 is 0. The van der Waals surface area contributed by atoms with E-state index < -0.39 is 5.97 Å². The number of carboxylic acids is 1. The molecular weight excluding hydrogens is 280 g/mol. The Bertz CT molecular complexity index is 358. The molecule has 0 atom stereocenters. The molecule has 0 saturated heterocycles. The van der Waals surface area contributed by atoms with Gasteiger partial charge in [0.1, 0.15) is 0 Å². The first-order chi connectivity index (χ1) is 10.6. The fraction of sp³-hybridized carbons (Fsp3) is 0.722. The topological polar surface area (TPSA) is 71.4 Å². The van der Waals surface area contributed by atoms with Gasteiger partial charge in [-0.05, 0) is 31.4 Å². The zero-order valence-electron chi connectivity index (χ0n) is 13.8. The van der Waals surface area contributed by atoms with Crippen LogP contribution in [0.25, 0.3) is 0 Å². The first kappa shape index (κ1) is 20.6. The van der Waals surface area contributed by atoms with Gasteiger partial charge in [-0.15, -0.1) is 0 Å². The van der Waals surface area contributed by atoms with E-state index in [0.29, 0.717) is 19.3 Å². The molecule has 0 unspecified atom stereocenters. The van der Waals surface area contributed by atoms with Crippen LogP contribution in [0.3, 0.4) is 0 Å². The maximum Gasteiger partial charge on any atom is 0.303 e. The Morgan fingerprint density at radius 1 is 0.682 bits per heavy atom. The molecule has 4 nitrogen and oxygen atoms in total. The standard InChI is InChI=1S/C18H30O4/c1-2-3-4-8-11-16(19)14-15-17(20)12-9-6-5-7-10-13-18(21)22/h14-15H,2-13H2,1H3,(H,21,22). The average Bonchev–Trinajstić information content (AvgIpc) is 2.48. The predicted octanol–water partition coefficient (Wildman–Crippen LogP) is 4.47. The number of unbranched alkanes of at least 4 members (excludes halogenated alkanes) is 7. The van der Waals surface area contributed by atoms with Crippen LogP contribution in [-0.2, 0) is 14.4 Å². The first-order valence-electron chi connectivity index (χ1n) is 8.51. The highest BCUT2D eigenvalue weighted by Gasteiger charge is 2.01. The van der Waals surface area contributed by atoms with Gasteiger partial charge in [0.05, 0.1) is 0 Å². The van der Waals surface area contributed by atoms with E-state index in [1.807, 2.05) is 0 Å². The van der Waals surface area contributed by atoms with Crippen LogP contribution in [0.5, 0.6) is 0 Å². The molecule has 0 rings (SSSR count). The number of ketones is 2. The maximum absolute atomic E-state index is 11.6. The third kappa shape index (κ3) is 14.9. The zero-order valence-corrected chi connectivity index (χ0v) is 13.8. The van der Waals surface area contributed by atoms with E-state index in [0.717, 1.165) is 51.4 Å². The maximum atomic E-state index is 11.6. The first-order valence-corrected chi connectivity index (χ1v) is 8.51. The van der Waals surface area contributed by atoms with Crippen LogP contribution >= 0.6 is 0 Å². The summed E-state index contributed by atoms with van der Waals surface area (Å²) in [5.41, 5.74) is 0. The van der Waals surface area contributed by atoms with E-state index in [1.165, 1.54) is 12.2 Å². The zero-order chi connectivity index (χ0) is 16.6. The van der Waals surface area contributed by atoms with Crippen molar-refractivity contribution in [3.63, 3.8) is 0 Å². The van der Waals surface area contributed by atoms with Crippen molar-refractivity contribution in [2.45, 2.75) is 84.0 Å². The summed E-state index contributed by atoms with van der Waals surface area (Å²) in [5.74, 6) is -0.703. The molecule has 0 aromatic rings. The second kappa shape index (κ2) is 14.5. The second-order valence-corrected chi connectivity index (χ2v) is 5.74. The summed E-state index contributed by atoms with van der Waals surface area (Å²) in [6.07, 6.45) is 12.6. The van der Waals surface area contributed by atoms with E-state index in [2.05, 4.69) is 6.92 Å². The van der Waals surface area contributed by atoms with Crippen LogP contribution in [-0.4, -0.2) is 22.6 Å². The Hall–Kier alpha value is -1.45. The predicted molar refractivity (Wildman–Crippen MR) is 87.9 cm³/mol. The van der Waals surface area contributed by atoms with Gasteiger partial charge in [-0.3, -0.25) is 14.4 Å². The van der Waals surface area contributed by atoms with Crippen LogP contribution in [0.15, 0.2) is 12.2 Å². The number of hydrogen-bond donors (Lipinski definition) is 1. The SMILES string of the molecule is CCCCCCC(=O)C=CC(=O)CCCCCCCC(=O)O. The highest BCUT2D eigenvalue weighted by Crippen LogP contribution is 2.08. The van der Waals surface area contributed by atoms with Crippen molar-refractivity contribution in [1.29, 1.82) is 0 Å². The van der Waals surface area contributed by atoms with Crippen LogP contribution in [0.4, 0.5) is 0 Å². The van der Waals surface area contributed by atoms with E-state index in [4.69, 9.17) is 5.11 Å². The Morgan fingerprint density at radius 3 is 1.55 bits per heavy atom. The molecule has 0 aromatic carbocycles. The van der Waals surface area contributed by atoms with Crippen molar-refractivity contribution in [2.24, 2.45) is 0 Å². The molecule has 1 N–H and O–H groups in total. The van der Waals surface area contributed by atoms with E-state index >= 15 is 0 Å². The minimum absolute atomic E-state index is 0.00689. The number of rotatable bonds is 15. The molecule has 4 heteroatoms. The molecule has 126 valence electrons. The fourth-order valence-electron chi connectivity index (χ4n) is 2.18. The lowest BCUT2D eigenvalue weighted by atomic mass is 10.1. The van der Waals surface area contributed by atoms with E-state index in [-0.39, 0.29) is 18.0 Å². The van der Waals surface area contributed by atoms with Gasteiger partial charge in [0.15, 0.2) is 11.6 Å². The minimum Gasteiger partial charge on any atom is -0.481 e. The Morgan fingerprint density at radius 2 is 1.09 bits per heavy atom. The third-order valence-electron chi connectivity index (χ3n) is 3.55. The van der Waals surface area contributed by atoms with Crippen molar-refractivity contribution in [2.75, 3.05) is 0 Å². The molecule has 0 bridgehead atoms. The molecule has 0 amide bonds. The third-order valence-corrected chi connectivity index (χ3v) is 3.55. The van der Waals surface area contributed by atoms with Gasteiger partial charge in [0.2, 0.25) is 0 Å². The van der Waals surface area contributed by atoms with Crippen molar-refractivity contribution in [3.8, 4) is 0 Å². The molecule has 0 fully saturated rings. The summed E-state index contributed by atoms with van der Waals surface area (Å²) >= 11 is 0. The van der Waals surface area contributed by atoms with Gasteiger partial charge >= 0.3 is 5.97 Å². The van der Waals surface area contributed by atoms with Gasteiger partial charge in [-0.1, -0.05) is 45.4 Å². The number of carbonyl (C=O) groups excluding carboxylic acids is 2. The number of carboxylic acid groups (broad SMARTS) is 1. The molecule has 0 aliphatic heterocycles. The van der Waals surface area contributed by atoms with Gasteiger partial charge < -0.3 is 5.11 Å². The van der Waals surface area contributed by atoms with Gasteiger partial charge in [-0.25, -0.2) is 0 Å².